The van der Waals surface area contributed by atoms with Crippen molar-refractivity contribution in [3.8, 4) is 5.75 Å². The molecule has 8 heteroatoms. The van der Waals surface area contributed by atoms with E-state index in [1.165, 1.54) is 24.3 Å². The van der Waals surface area contributed by atoms with E-state index in [0.717, 1.165) is 6.92 Å². The third kappa shape index (κ3) is 3.69. The highest BCUT2D eigenvalue weighted by Gasteiger charge is 2.23. The summed E-state index contributed by atoms with van der Waals surface area (Å²) >= 11 is 0. The molecule has 1 aromatic rings. The van der Waals surface area contributed by atoms with Crippen molar-refractivity contribution >= 4 is 16.0 Å². The lowest BCUT2D eigenvalue weighted by molar-refractivity contribution is -0.122. The highest BCUT2D eigenvalue weighted by Crippen LogP contribution is 2.15. The van der Waals surface area contributed by atoms with Crippen molar-refractivity contribution in [2.75, 3.05) is 0 Å². The minimum Gasteiger partial charge on any atom is -0.508 e. The van der Waals surface area contributed by atoms with Crippen molar-refractivity contribution in [2.45, 2.75) is 18.3 Å². The van der Waals surface area contributed by atoms with Crippen molar-refractivity contribution in [1.29, 1.82) is 0 Å². The van der Waals surface area contributed by atoms with Gasteiger partial charge in [0.2, 0.25) is 5.91 Å². The second-order valence-corrected chi connectivity index (χ2v) is 5.47. The van der Waals surface area contributed by atoms with Gasteiger partial charge in [0.15, 0.2) is 5.37 Å². The first-order chi connectivity index (χ1) is 8.21. The van der Waals surface area contributed by atoms with E-state index in [-0.39, 0.29) is 5.75 Å². The Bertz CT molecular complexity index is 526. The average Bonchev–Trinajstić information content (AvgIpc) is 2.27. The third-order valence-electron chi connectivity index (χ3n) is 2.33. The number of nitrogens with one attached hydrogen (secondary N) is 1. The van der Waals surface area contributed by atoms with Gasteiger partial charge in [-0.3, -0.25) is 9.35 Å². The number of hydrogen-bond acceptors (Lipinski definition) is 5. The van der Waals surface area contributed by atoms with E-state index < -0.39 is 27.4 Å². The van der Waals surface area contributed by atoms with Crippen LogP contribution in [0.3, 0.4) is 0 Å². The molecular formula is C10H14N2O5S. The van der Waals surface area contributed by atoms with Gasteiger partial charge in [0, 0.05) is 0 Å². The molecule has 0 aromatic heterocycles. The molecule has 0 aliphatic heterocycles. The number of rotatable bonds is 4. The fraction of sp³-hybridized carbons (Fsp3) is 0.300. The summed E-state index contributed by atoms with van der Waals surface area (Å²) in [5.74, 6) is -0.719. The predicted octanol–water partition coefficient (Wildman–Crippen LogP) is -0.258. The number of carbonyl (C=O) groups excluding carboxylic acids is 1. The van der Waals surface area contributed by atoms with Crippen LogP contribution in [0.1, 0.15) is 18.5 Å². The number of phenols is 1. The lowest BCUT2D eigenvalue weighted by Gasteiger charge is -2.15. The molecule has 1 aromatic carbocycles. The lowest BCUT2D eigenvalue weighted by Crippen LogP contribution is -2.43. The normalized spacial score (nSPS) is 14.8. The molecule has 0 bridgehead atoms. The van der Waals surface area contributed by atoms with Crippen LogP contribution in [-0.4, -0.2) is 29.4 Å². The van der Waals surface area contributed by atoms with Crippen molar-refractivity contribution in [3.63, 3.8) is 0 Å². The first-order valence-electron chi connectivity index (χ1n) is 5.03. The maximum Gasteiger partial charge on any atom is 0.285 e. The summed E-state index contributed by atoms with van der Waals surface area (Å²) in [6.07, 6.45) is 0. The molecule has 0 heterocycles. The molecule has 0 radical (unpaired) electrons. The number of benzene rings is 1. The van der Waals surface area contributed by atoms with Crippen LogP contribution in [-0.2, 0) is 14.9 Å². The zero-order valence-electron chi connectivity index (χ0n) is 9.57. The van der Waals surface area contributed by atoms with Crippen molar-refractivity contribution in [2.24, 2.45) is 5.73 Å². The molecular weight excluding hydrogens is 260 g/mol. The third-order valence-corrected chi connectivity index (χ3v) is 3.34. The Kier molecular flexibility index (Phi) is 4.28. The summed E-state index contributed by atoms with van der Waals surface area (Å²) < 4.78 is 30.2. The van der Waals surface area contributed by atoms with E-state index in [1.54, 1.807) is 0 Å². The van der Waals surface area contributed by atoms with Crippen LogP contribution in [0.5, 0.6) is 5.75 Å². The van der Waals surface area contributed by atoms with Gasteiger partial charge in [-0.05, 0) is 24.6 Å². The lowest BCUT2D eigenvalue weighted by atomic mass is 10.1. The molecule has 0 fully saturated rings. The van der Waals surface area contributed by atoms with Gasteiger partial charge in [-0.15, -0.1) is 0 Å². The molecule has 0 spiro atoms. The minimum absolute atomic E-state index is 0.0256. The van der Waals surface area contributed by atoms with Crippen LogP contribution in [0.25, 0.3) is 0 Å². The van der Waals surface area contributed by atoms with Gasteiger partial charge in [0.05, 0.1) is 0 Å². The van der Waals surface area contributed by atoms with Crippen LogP contribution < -0.4 is 11.1 Å². The number of aromatic hydroxyl groups is 1. The number of nitrogens with two attached hydrogens (primary N) is 1. The average molecular weight is 274 g/mol. The number of amides is 1. The van der Waals surface area contributed by atoms with Gasteiger partial charge < -0.3 is 16.2 Å². The van der Waals surface area contributed by atoms with Crippen molar-refractivity contribution in [1.82, 2.24) is 5.32 Å². The zero-order chi connectivity index (χ0) is 13.9. The van der Waals surface area contributed by atoms with E-state index >= 15 is 0 Å². The van der Waals surface area contributed by atoms with Gasteiger partial charge in [-0.25, -0.2) is 0 Å². The second-order valence-electron chi connectivity index (χ2n) is 3.73. The maximum atomic E-state index is 11.6. The summed E-state index contributed by atoms with van der Waals surface area (Å²) in [6.45, 7) is 1.12. The van der Waals surface area contributed by atoms with E-state index in [9.17, 15) is 13.2 Å². The van der Waals surface area contributed by atoms with Crippen molar-refractivity contribution in [3.05, 3.63) is 29.8 Å². The van der Waals surface area contributed by atoms with Crippen LogP contribution in [0.2, 0.25) is 0 Å². The molecule has 1 rings (SSSR count). The Morgan fingerprint density at radius 2 is 1.83 bits per heavy atom. The molecule has 1 unspecified atom stereocenters. The minimum atomic E-state index is -4.35. The summed E-state index contributed by atoms with van der Waals surface area (Å²) in [7, 11) is -4.35. The van der Waals surface area contributed by atoms with Gasteiger partial charge in [-0.2, -0.15) is 8.42 Å². The molecule has 7 nitrogen and oxygen atoms in total. The fourth-order valence-corrected chi connectivity index (χ4v) is 1.46. The predicted molar refractivity (Wildman–Crippen MR) is 64.2 cm³/mol. The van der Waals surface area contributed by atoms with E-state index in [1.807, 2.05) is 0 Å². The highest BCUT2D eigenvalue weighted by atomic mass is 32.2. The van der Waals surface area contributed by atoms with Crippen LogP contribution >= 0.6 is 0 Å². The molecule has 18 heavy (non-hydrogen) atoms. The van der Waals surface area contributed by atoms with Crippen LogP contribution in [0.15, 0.2) is 24.3 Å². The molecule has 0 saturated carbocycles. The molecule has 0 aliphatic carbocycles. The Hall–Kier alpha value is -1.64. The Morgan fingerprint density at radius 1 is 1.33 bits per heavy atom. The van der Waals surface area contributed by atoms with Gasteiger partial charge in [-0.1, -0.05) is 12.1 Å². The van der Waals surface area contributed by atoms with E-state index in [4.69, 9.17) is 15.4 Å². The Labute approximate surface area is 104 Å². The van der Waals surface area contributed by atoms with Crippen LogP contribution in [0.4, 0.5) is 0 Å². The molecule has 100 valence electrons. The zero-order valence-corrected chi connectivity index (χ0v) is 10.4. The number of hydrogen-bond donors (Lipinski definition) is 4. The SMILES string of the molecule is CC(NC(=O)[C@H](N)c1ccc(O)cc1)S(=O)(=O)O. The van der Waals surface area contributed by atoms with Crippen molar-refractivity contribution < 1.29 is 22.9 Å². The standard InChI is InChI=1S/C10H14N2O5S/c1-6(18(15,16)17)12-10(14)9(11)7-2-4-8(13)5-3-7/h2-6,9,13H,11H2,1H3,(H,12,14)(H,15,16,17)/t6?,9-/m1/s1. The van der Waals surface area contributed by atoms with E-state index in [0.29, 0.717) is 5.56 Å². The van der Waals surface area contributed by atoms with Gasteiger partial charge in [0.1, 0.15) is 11.8 Å². The topological polar surface area (TPSA) is 130 Å². The summed E-state index contributed by atoms with van der Waals surface area (Å²) in [6, 6.07) is 4.51. The quantitative estimate of drug-likeness (QED) is 0.560. The summed E-state index contributed by atoms with van der Waals surface area (Å²) in [5.41, 5.74) is 6.02. The maximum absolute atomic E-state index is 11.6. The molecule has 1 amide bonds. The molecule has 0 saturated heterocycles. The van der Waals surface area contributed by atoms with Crippen LogP contribution in [0, 0.1) is 0 Å². The first kappa shape index (κ1) is 14.4. The second kappa shape index (κ2) is 5.34. The Balaban J connectivity index is 2.76. The fourth-order valence-electron chi connectivity index (χ4n) is 1.20. The number of carbonyl (C=O) groups is 1. The summed E-state index contributed by atoms with van der Waals surface area (Å²) in [5, 5.41) is 9.71. The van der Waals surface area contributed by atoms with Gasteiger partial charge >= 0.3 is 0 Å². The smallest absolute Gasteiger partial charge is 0.285 e. The monoisotopic (exact) mass is 274 g/mol. The molecule has 0 aliphatic rings. The molecule has 5 N–H and O–H groups in total. The largest absolute Gasteiger partial charge is 0.508 e. The first-order valence-corrected chi connectivity index (χ1v) is 6.53. The highest BCUT2D eigenvalue weighted by molar-refractivity contribution is 7.86. The number of phenolic OH excluding ortho intramolecular Hbond substituents is 1. The molecule has 2 atom stereocenters. The Morgan fingerprint density at radius 3 is 2.28 bits per heavy atom. The summed E-state index contributed by atoms with van der Waals surface area (Å²) in [4.78, 5) is 11.6. The van der Waals surface area contributed by atoms with Gasteiger partial charge in [0.25, 0.3) is 10.1 Å². The van der Waals surface area contributed by atoms with E-state index in [2.05, 4.69) is 5.32 Å².